The highest BCUT2D eigenvalue weighted by molar-refractivity contribution is 6.15. The van der Waals surface area contributed by atoms with Gasteiger partial charge in [0.1, 0.15) is 28.8 Å². The summed E-state index contributed by atoms with van der Waals surface area (Å²) >= 11 is 0. The number of hydrogen-bond acceptors (Lipinski definition) is 7. The van der Waals surface area contributed by atoms with Crippen LogP contribution in [0.2, 0.25) is 0 Å². The van der Waals surface area contributed by atoms with Crippen molar-refractivity contribution in [2.75, 3.05) is 7.11 Å². The predicted octanol–water partition coefficient (Wildman–Crippen LogP) is 6.22. The largest absolute Gasteiger partial charge is 0.496 e. The van der Waals surface area contributed by atoms with E-state index in [4.69, 9.17) is 18.6 Å². The van der Waals surface area contributed by atoms with Gasteiger partial charge < -0.3 is 18.6 Å². The number of esters is 1. The highest BCUT2D eigenvalue weighted by Crippen LogP contribution is 2.49. The van der Waals surface area contributed by atoms with Gasteiger partial charge in [-0.3, -0.25) is 14.4 Å². The molecule has 38 heavy (non-hydrogen) atoms. The second kappa shape index (κ2) is 9.19. The van der Waals surface area contributed by atoms with Gasteiger partial charge in [0.2, 0.25) is 5.78 Å². The summed E-state index contributed by atoms with van der Waals surface area (Å²) in [6.07, 6.45) is 1.68. The normalized spacial score (nSPS) is 17.0. The molecule has 2 aliphatic heterocycles. The maximum Gasteiger partial charge on any atom is 0.312 e. The van der Waals surface area contributed by atoms with Crippen LogP contribution < -0.4 is 14.2 Å². The zero-order valence-electron chi connectivity index (χ0n) is 20.6. The molecule has 0 bridgehead atoms. The molecule has 7 nitrogen and oxygen atoms in total. The molecule has 3 aromatic carbocycles. The van der Waals surface area contributed by atoms with Gasteiger partial charge in [-0.25, -0.2) is 0 Å². The van der Waals surface area contributed by atoms with E-state index < -0.39 is 11.9 Å². The van der Waals surface area contributed by atoms with E-state index >= 15 is 0 Å². The molecule has 0 radical (unpaired) electrons. The summed E-state index contributed by atoms with van der Waals surface area (Å²) in [4.78, 5) is 37.4. The van der Waals surface area contributed by atoms with E-state index in [0.29, 0.717) is 51.0 Å². The Bertz CT molecular complexity index is 1640. The van der Waals surface area contributed by atoms with Crippen molar-refractivity contribution < 1.29 is 33.0 Å². The highest BCUT2D eigenvalue weighted by Gasteiger charge is 2.39. The Morgan fingerprint density at radius 1 is 0.947 bits per heavy atom. The third kappa shape index (κ3) is 3.98. The fourth-order valence-electron chi connectivity index (χ4n) is 4.84. The SMILES string of the molecule is COc1ccccc1/C=C1\Oc2c(ccc3c2C(c2ccc(-c4ccc(C(C)=O)cc4)o2)CC(=O)O3)C1=O. The van der Waals surface area contributed by atoms with Crippen LogP contribution in [0.4, 0.5) is 0 Å². The van der Waals surface area contributed by atoms with Crippen LogP contribution >= 0.6 is 0 Å². The lowest BCUT2D eigenvalue weighted by Gasteiger charge is -2.24. The Morgan fingerprint density at radius 3 is 2.50 bits per heavy atom. The number of benzene rings is 3. The first-order valence-electron chi connectivity index (χ1n) is 12.1. The lowest BCUT2D eigenvalue weighted by Crippen LogP contribution is -2.21. The van der Waals surface area contributed by atoms with Crippen molar-refractivity contribution in [3.8, 4) is 28.6 Å². The molecule has 0 fully saturated rings. The molecule has 2 aliphatic rings. The van der Waals surface area contributed by atoms with Gasteiger partial charge in [0.05, 0.1) is 25.0 Å². The minimum Gasteiger partial charge on any atom is -0.496 e. The van der Waals surface area contributed by atoms with E-state index in [1.54, 1.807) is 43.5 Å². The summed E-state index contributed by atoms with van der Waals surface area (Å²) in [5.74, 6) is 1.39. The highest BCUT2D eigenvalue weighted by atomic mass is 16.5. The van der Waals surface area contributed by atoms with E-state index in [9.17, 15) is 14.4 Å². The summed E-state index contributed by atoms with van der Waals surface area (Å²) < 4.78 is 23.2. The van der Waals surface area contributed by atoms with Crippen molar-refractivity contribution in [1.82, 2.24) is 0 Å². The fourth-order valence-corrected chi connectivity index (χ4v) is 4.84. The lowest BCUT2D eigenvalue weighted by molar-refractivity contribution is -0.135. The van der Waals surface area contributed by atoms with E-state index in [1.807, 2.05) is 42.5 Å². The van der Waals surface area contributed by atoms with Gasteiger partial charge in [-0.05, 0) is 43.3 Å². The number of fused-ring (bicyclic) bond motifs is 3. The van der Waals surface area contributed by atoms with Gasteiger partial charge in [-0.15, -0.1) is 0 Å². The summed E-state index contributed by atoms with van der Waals surface area (Å²) in [7, 11) is 1.56. The van der Waals surface area contributed by atoms with E-state index in [1.165, 1.54) is 6.92 Å². The number of hydrogen-bond donors (Lipinski definition) is 0. The van der Waals surface area contributed by atoms with Gasteiger partial charge in [0, 0.05) is 22.3 Å². The number of carbonyl (C=O) groups is 3. The Morgan fingerprint density at radius 2 is 1.74 bits per heavy atom. The number of carbonyl (C=O) groups excluding carboxylic acids is 3. The van der Waals surface area contributed by atoms with Crippen molar-refractivity contribution in [2.24, 2.45) is 0 Å². The Hall–Kier alpha value is -4.91. The van der Waals surface area contributed by atoms with Crippen LogP contribution in [0.3, 0.4) is 0 Å². The molecular formula is C31H22O7. The maximum absolute atomic E-state index is 13.3. The average molecular weight is 507 g/mol. The minimum atomic E-state index is -0.509. The number of methoxy groups -OCH3 is 1. The maximum atomic E-state index is 13.3. The van der Waals surface area contributed by atoms with Crippen molar-refractivity contribution >= 4 is 23.6 Å². The first-order chi connectivity index (χ1) is 18.4. The average Bonchev–Trinajstić information content (AvgIpc) is 3.54. The van der Waals surface area contributed by atoms with E-state index in [-0.39, 0.29) is 23.7 Å². The van der Waals surface area contributed by atoms with Crippen molar-refractivity contribution in [2.45, 2.75) is 19.3 Å². The number of Topliss-reactive ketones (excluding diaryl/α,β-unsaturated/α-hetero) is 2. The molecule has 0 amide bonds. The fraction of sp³-hybridized carbons (Fsp3) is 0.129. The Kier molecular flexibility index (Phi) is 5.68. The van der Waals surface area contributed by atoms with Crippen LogP contribution in [0.1, 0.15) is 56.9 Å². The molecule has 188 valence electrons. The molecule has 1 atom stereocenters. The number of ketones is 2. The zero-order chi connectivity index (χ0) is 26.4. The van der Waals surface area contributed by atoms with Gasteiger partial charge in [-0.1, -0.05) is 42.5 Å². The minimum absolute atomic E-state index is 0.0171. The summed E-state index contributed by atoms with van der Waals surface area (Å²) in [5.41, 5.74) is 3.09. The molecule has 1 unspecified atom stereocenters. The number of ether oxygens (including phenoxy) is 3. The first-order valence-corrected chi connectivity index (χ1v) is 12.1. The molecule has 4 aromatic rings. The van der Waals surface area contributed by atoms with Gasteiger partial charge in [0.15, 0.2) is 11.5 Å². The number of furan rings is 1. The van der Waals surface area contributed by atoms with Crippen LogP contribution in [0.25, 0.3) is 17.4 Å². The van der Waals surface area contributed by atoms with Crippen LogP contribution in [0, 0.1) is 0 Å². The summed E-state index contributed by atoms with van der Waals surface area (Å²) in [6.45, 7) is 1.52. The van der Waals surface area contributed by atoms with E-state index in [0.717, 1.165) is 5.56 Å². The molecular weight excluding hydrogens is 484 g/mol. The van der Waals surface area contributed by atoms with Crippen molar-refractivity contribution in [3.63, 3.8) is 0 Å². The van der Waals surface area contributed by atoms with Crippen LogP contribution in [0.5, 0.6) is 17.2 Å². The molecule has 0 spiro atoms. The van der Waals surface area contributed by atoms with Crippen LogP contribution in [0.15, 0.2) is 83.0 Å². The zero-order valence-corrected chi connectivity index (χ0v) is 20.6. The van der Waals surface area contributed by atoms with Crippen LogP contribution in [-0.4, -0.2) is 24.6 Å². The molecule has 0 N–H and O–H groups in total. The lowest BCUT2D eigenvalue weighted by atomic mass is 9.88. The van der Waals surface area contributed by atoms with Gasteiger partial charge in [0.25, 0.3) is 0 Å². The van der Waals surface area contributed by atoms with Gasteiger partial charge >= 0.3 is 5.97 Å². The Balaban J connectivity index is 1.39. The molecule has 3 heterocycles. The third-order valence-corrected chi connectivity index (χ3v) is 6.75. The molecule has 0 saturated carbocycles. The smallest absolute Gasteiger partial charge is 0.312 e. The third-order valence-electron chi connectivity index (χ3n) is 6.75. The topological polar surface area (TPSA) is 92.0 Å². The molecule has 7 heteroatoms. The molecule has 0 aliphatic carbocycles. The van der Waals surface area contributed by atoms with Crippen LogP contribution in [-0.2, 0) is 4.79 Å². The van der Waals surface area contributed by atoms with E-state index in [2.05, 4.69) is 0 Å². The second-order valence-corrected chi connectivity index (χ2v) is 9.10. The number of rotatable bonds is 5. The molecule has 6 rings (SSSR count). The first kappa shape index (κ1) is 23.5. The summed E-state index contributed by atoms with van der Waals surface area (Å²) in [5, 5.41) is 0. The quantitative estimate of drug-likeness (QED) is 0.137. The van der Waals surface area contributed by atoms with Crippen molar-refractivity contribution in [1.29, 1.82) is 0 Å². The van der Waals surface area contributed by atoms with Gasteiger partial charge in [-0.2, -0.15) is 0 Å². The Labute approximate surface area is 218 Å². The second-order valence-electron chi connectivity index (χ2n) is 9.10. The number of para-hydroxylation sites is 1. The number of allylic oxidation sites excluding steroid dienone is 1. The summed E-state index contributed by atoms with van der Waals surface area (Å²) in [6, 6.07) is 21.3. The van der Waals surface area contributed by atoms with Crippen molar-refractivity contribution in [3.05, 3.63) is 107 Å². The predicted molar refractivity (Wildman–Crippen MR) is 139 cm³/mol. The molecule has 0 saturated heterocycles. The standard InChI is InChI=1S/C31H22O7/c1-17(32)18-7-9-19(10-8-18)24-13-14-25(36-24)22-16-28(33)37-26-12-11-21-30(34)27(38-31(21)29(22)26)15-20-5-3-4-6-23(20)35-2/h3-15,22H,16H2,1-2H3/b27-15-. The molecule has 1 aromatic heterocycles. The monoisotopic (exact) mass is 506 g/mol.